The minimum absolute atomic E-state index is 0.268. The van der Waals surface area contributed by atoms with Crippen LogP contribution in [0.25, 0.3) is 0 Å². The highest BCUT2D eigenvalue weighted by Crippen LogP contribution is 2.26. The quantitative estimate of drug-likeness (QED) is 0.526. The highest BCUT2D eigenvalue weighted by Gasteiger charge is 2.33. The number of carbonyl (C=O) groups excluding carboxylic acids is 1. The first-order valence-electron chi connectivity index (χ1n) is 11.8. The number of halogens is 1. The Balaban J connectivity index is 1.15. The van der Waals surface area contributed by atoms with E-state index in [9.17, 15) is 9.90 Å². The number of aliphatic hydroxyl groups is 1. The summed E-state index contributed by atoms with van der Waals surface area (Å²) in [5.41, 5.74) is 0.418. The molecule has 0 radical (unpaired) electrons. The second-order valence-corrected chi connectivity index (χ2v) is 9.51. The van der Waals surface area contributed by atoms with Gasteiger partial charge in [0.1, 0.15) is 23.7 Å². The molecule has 0 bridgehead atoms. The summed E-state index contributed by atoms with van der Waals surface area (Å²) in [4.78, 5) is 15.9. The van der Waals surface area contributed by atoms with Crippen LogP contribution in [0.2, 0.25) is 5.02 Å². The maximum atomic E-state index is 11.6. The topological polar surface area (TPSA) is 62.2 Å². The van der Waals surface area contributed by atoms with Crippen LogP contribution in [0.3, 0.4) is 0 Å². The third-order valence-electron chi connectivity index (χ3n) is 6.43. The molecule has 0 aromatic heterocycles. The molecule has 2 aliphatic heterocycles. The van der Waals surface area contributed by atoms with Crippen LogP contribution < -0.4 is 9.47 Å². The molecule has 2 aliphatic rings. The number of hydrogen-bond acceptors (Lipinski definition) is 5. The van der Waals surface area contributed by atoms with Crippen molar-refractivity contribution in [3.05, 3.63) is 59.1 Å². The third-order valence-corrected chi connectivity index (χ3v) is 6.67. The maximum absolute atomic E-state index is 11.6. The fourth-order valence-electron chi connectivity index (χ4n) is 4.38. The molecule has 6 nitrogen and oxygen atoms in total. The zero-order chi connectivity index (χ0) is 23.1. The fraction of sp³-hybridized carbons (Fsp3) is 0.500. The first-order chi connectivity index (χ1) is 16.0. The van der Waals surface area contributed by atoms with Gasteiger partial charge in [-0.2, -0.15) is 0 Å². The van der Waals surface area contributed by atoms with Gasteiger partial charge in [0.05, 0.1) is 6.61 Å². The second kappa shape index (κ2) is 11.2. The van der Waals surface area contributed by atoms with E-state index in [1.807, 2.05) is 29.2 Å². The van der Waals surface area contributed by atoms with Crippen LogP contribution in [0, 0.1) is 0 Å². The second-order valence-electron chi connectivity index (χ2n) is 9.08. The van der Waals surface area contributed by atoms with Gasteiger partial charge in [-0.3, -0.25) is 9.69 Å². The maximum Gasteiger partial charge on any atom is 0.222 e. The minimum atomic E-state index is -0.809. The number of nitrogens with zero attached hydrogens (tertiary/aromatic N) is 2. The lowest BCUT2D eigenvalue weighted by Crippen LogP contribution is -2.47. The van der Waals surface area contributed by atoms with Crippen molar-refractivity contribution in [3.8, 4) is 11.5 Å². The lowest BCUT2D eigenvalue weighted by Gasteiger charge is -2.38. The van der Waals surface area contributed by atoms with Gasteiger partial charge in [0, 0.05) is 44.2 Å². The van der Waals surface area contributed by atoms with Gasteiger partial charge in [-0.25, -0.2) is 0 Å². The van der Waals surface area contributed by atoms with E-state index < -0.39 is 5.60 Å². The van der Waals surface area contributed by atoms with Crippen LogP contribution in [-0.2, 0) is 11.3 Å². The molecule has 2 saturated heterocycles. The van der Waals surface area contributed by atoms with E-state index >= 15 is 0 Å². The Morgan fingerprint density at radius 1 is 1.00 bits per heavy atom. The number of likely N-dealkylation sites (tertiary alicyclic amines) is 2. The molecule has 1 amide bonds. The number of amides is 1. The van der Waals surface area contributed by atoms with Crippen LogP contribution in [-0.4, -0.2) is 65.8 Å². The molecule has 2 fully saturated rings. The van der Waals surface area contributed by atoms with Gasteiger partial charge < -0.3 is 19.5 Å². The third kappa shape index (κ3) is 7.10. The molecule has 4 rings (SSSR count). The van der Waals surface area contributed by atoms with E-state index in [1.165, 1.54) is 5.56 Å². The Morgan fingerprint density at radius 3 is 2.48 bits per heavy atom. The van der Waals surface area contributed by atoms with Crippen LogP contribution in [0.15, 0.2) is 48.5 Å². The lowest BCUT2D eigenvalue weighted by atomic mass is 9.92. The van der Waals surface area contributed by atoms with Gasteiger partial charge in [-0.15, -0.1) is 0 Å². The van der Waals surface area contributed by atoms with Crippen LogP contribution in [0.1, 0.15) is 37.7 Å². The first-order valence-corrected chi connectivity index (χ1v) is 12.2. The molecular weight excluding hydrogens is 440 g/mol. The summed E-state index contributed by atoms with van der Waals surface area (Å²) in [5, 5.41) is 11.5. The minimum Gasteiger partial charge on any atom is -0.494 e. The number of hydrogen-bond donors (Lipinski definition) is 1. The largest absolute Gasteiger partial charge is 0.494 e. The molecule has 0 aliphatic carbocycles. The number of rotatable bonds is 10. The molecule has 1 N–H and O–H groups in total. The Labute approximate surface area is 201 Å². The summed E-state index contributed by atoms with van der Waals surface area (Å²) in [6.07, 6.45) is 3.87. The molecule has 2 aromatic carbocycles. The normalized spacial score (nSPS) is 18.5. The van der Waals surface area contributed by atoms with Crippen molar-refractivity contribution < 1.29 is 19.4 Å². The van der Waals surface area contributed by atoms with Crippen molar-refractivity contribution in [1.29, 1.82) is 0 Å². The van der Waals surface area contributed by atoms with E-state index in [2.05, 4.69) is 17.0 Å². The SMILES string of the molecule is O=C1CCCN1CCCOc1ccc(CN2CCC(O)(COc3cccc(Cl)c3)CC2)cc1. The van der Waals surface area contributed by atoms with E-state index in [1.54, 1.807) is 12.1 Å². The summed E-state index contributed by atoms with van der Waals surface area (Å²) >= 11 is 6.00. The molecule has 178 valence electrons. The van der Waals surface area contributed by atoms with Crippen LogP contribution in [0.4, 0.5) is 0 Å². The average molecular weight is 473 g/mol. The summed E-state index contributed by atoms with van der Waals surface area (Å²) in [6, 6.07) is 15.5. The van der Waals surface area contributed by atoms with Crippen LogP contribution >= 0.6 is 11.6 Å². The molecule has 2 aromatic rings. The van der Waals surface area contributed by atoms with E-state index in [4.69, 9.17) is 21.1 Å². The Bertz CT molecular complexity index is 913. The number of benzene rings is 2. The molecule has 2 heterocycles. The fourth-order valence-corrected chi connectivity index (χ4v) is 4.56. The summed E-state index contributed by atoms with van der Waals surface area (Å²) in [7, 11) is 0. The van der Waals surface area contributed by atoms with Gasteiger partial charge in [0.25, 0.3) is 0 Å². The van der Waals surface area contributed by atoms with Crippen molar-refractivity contribution in [1.82, 2.24) is 9.80 Å². The molecule has 33 heavy (non-hydrogen) atoms. The summed E-state index contributed by atoms with van der Waals surface area (Å²) in [5.74, 6) is 1.81. The highest BCUT2D eigenvalue weighted by molar-refractivity contribution is 6.30. The van der Waals surface area contributed by atoms with Gasteiger partial charge in [-0.1, -0.05) is 29.8 Å². The van der Waals surface area contributed by atoms with Gasteiger partial charge >= 0.3 is 0 Å². The number of ether oxygens (including phenoxy) is 2. The van der Waals surface area contributed by atoms with Crippen LogP contribution in [0.5, 0.6) is 11.5 Å². The van der Waals surface area contributed by atoms with Gasteiger partial charge in [-0.05, 0) is 61.6 Å². The molecule has 7 heteroatoms. The zero-order valence-corrected chi connectivity index (χ0v) is 19.8. The number of piperidine rings is 1. The summed E-state index contributed by atoms with van der Waals surface area (Å²) in [6.45, 7) is 5.05. The smallest absolute Gasteiger partial charge is 0.222 e. The highest BCUT2D eigenvalue weighted by atomic mass is 35.5. The van der Waals surface area contributed by atoms with Gasteiger partial charge in [0.2, 0.25) is 5.91 Å². The summed E-state index contributed by atoms with van der Waals surface area (Å²) < 4.78 is 11.6. The van der Waals surface area contributed by atoms with Crippen molar-refractivity contribution in [3.63, 3.8) is 0 Å². The Kier molecular flexibility index (Phi) is 8.12. The van der Waals surface area contributed by atoms with Crippen molar-refractivity contribution in [2.45, 2.75) is 44.2 Å². The lowest BCUT2D eigenvalue weighted by molar-refractivity contribution is -0.127. The van der Waals surface area contributed by atoms with E-state index in [0.717, 1.165) is 51.3 Å². The zero-order valence-electron chi connectivity index (χ0n) is 19.0. The molecular formula is C26H33ClN2O4. The van der Waals surface area contributed by atoms with E-state index in [0.29, 0.717) is 36.6 Å². The van der Waals surface area contributed by atoms with Crippen molar-refractivity contribution >= 4 is 17.5 Å². The Morgan fingerprint density at radius 2 is 1.79 bits per heavy atom. The molecule has 0 unspecified atom stereocenters. The standard InChI is InChI=1S/C26H33ClN2O4/c27-22-4-1-5-24(18-22)33-20-26(31)11-15-28(16-12-26)19-21-7-9-23(10-8-21)32-17-3-14-29-13-2-6-25(29)30/h1,4-5,7-10,18,31H,2-3,6,11-17,19-20H2. The molecule has 0 saturated carbocycles. The molecule has 0 spiro atoms. The predicted molar refractivity (Wildman–Crippen MR) is 129 cm³/mol. The monoisotopic (exact) mass is 472 g/mol. The predicted octanol–water partition coefficient (Wildman–Crippen LogP) is 4.14. The van der Waals surface area contributed by atoms with Crippen molar-refractivity contribution in [2.75, 3.05) is 39.4 Å². The average Bonchev–Trinajstić information content (AvgIpc) is 3.23. The van der Waals surface area contributed by atoms with E-state index in [-0.39, 0.29) is 12.5 Å². The van der Waals surface area contributed by atoms with Crippen molar-refractivity contribution in [2.24, 2.45) is 0 Å². The molecule has 0 atom stereocenters. The number of carbonyl (C=O) groups is 1. The first kappa shape index (κ1) is 23.9. The van der Waals surface area contributed by atoms with Gasteiger partial charge in [0.15, 0.2) is 0 Å². The Hall–Kier alpha value is -2.28.